The molecular formula is C30H40O5. The Hall–Kier alpha value is -2.14. The SMILES string of the molecule is COC(=O)C1(C)CCC2(C)C(O)CC3(C)C4=CC=C5C(=CC(=O)C(O)=C5C)C4(C)CCC3(C)C2C1. The molecule has 0 aromatic rings. The van der Waals surface area contributed by atoms with E-state index in [1.54, 1.807) is 6.08 Å². The van der Waals surface area contributed by atoms with E-state index in [0.717, 1.165) is 36.8 Å². The number of fused-ring (bicyclic) bond motifs is 7. The van der Waals surface area contributed by atoms with Crippen LogP contribution in [0.5, 0.6) is 0 Å². The maximum Gasteiger partial charge on any atom is 0.311 e. The van der Waals surface area contributed by atoms with Crippen molar-refractivity contribution in [2.24, 2.45) is 33.0 Å². The van der Waals surface area contributed by atoms with E-state index in [0.29, 0.717) is 18.4 Å². The number of aliphatic hydroxyl groups excluding tert-OH is 2. The van der Waals surface area contributed by atoms with E-state index in [-0.39, 0.29) is 45.1 Å². The van der Waals surface area contributed by atoms with E-state index in [9.17, 15) is 19.8 Å². The molecule has 5 nitrogen and oxygen atoms in total. The molecule has 190 valence electrons. The lowest BCUT2D eigenvalue weighted by molar-refractivity contribution is -0.215. The molecule has 0 bridgehead atoms. The third-order valence-electron chi connectivity index (χ3n) is 11.6. The molecule has 0 heterocycles. The van der Waals surface area contributed by atoms with Gasteiger partial charge >= 0.3 is 5.97 Å². The molecule has 5 aliphatic carbocycles. The number of hydrogen-bond acceptors (Lipinski definition) is 5. The minimum atomic E-state index is -0.549. The third kappa shape index (κ3) is 2.85. The summed E-state index contributed by atoms with van der Waals surface area (Å²) < 4.78 is 5.23. The second-order valence-electron chi connectivity index (χ2n) is 13.2. The summed E-state index contributed by atoms with van der Waals surface area (Å²) in [5, 5.41) is 22.0. The fraction of sp³-hybridized carbons (Fsp3) is 0.667. The molecule has 0 radical (unpaired) electrons. The first kappa shape index (κ1) is 24.5. The molecule has 5 rings (SSSR count). The Morgan fingerprint density at radius 3 is 2.37 bits per heavy atom. The van der Waals surface area contributed by atoms with Gasteiger partial charge < -0.3 is 14.9 Å². The zero-order chi connectivity index (χ0) is 25.8. The Labute approximate surface area is 209 Å². The van der Waals surface area contributed by atoms with Crippen molar-refractivity contribution >= 4 is 11.8 Å². The van der Waals surface area contributed by atoms with Gasteiger partial charge in [-0.05, 0) is 91.8 Å². The Balaban J connectivity index is 1.66. The Morgan fingerprint density at radius 1 is 1.03 bits per heavy atom. The minimum absolute atomic E-state index is 0.125. The Bertz CT molecular complexity index is 1160. The Kier molecular flexibility index (Phi) is 5.06. The number of rotatable bonds is 1. The van der Waals surface area contributed by atoms with Gasteiger partial charge in [-0.1, -0.05) is 45.4 Å². The van der Waals surface area contributed by atoms with Crippen molar-refractivity contribution in [1.82, 2.24) is 0 Å². The average molecular weight is 481 g/mol. The van der Waals surface area contributed by atoms with Crippen LogP contribution in [0.3, 0.4) is 0 Å². The topological polar surface area (TPSA) is 83.8 Å². The first-order chi connectivity index (χ1) is 16.2. The molecule has 0 aromatic carbocycles. The molecule has 0 saturated heterocycles. The van der Waals surface area contributed by atoms with Crippen LogP contribution in [0.25, 0.3) is 0 Å². The summed E-state index contributed by atoms with van der Waals surface area (Å²) in [6.07, 6.45) is 10.1. The highest BCUT2D eigenvalue weighted by molar-refractivity contribution is 6.06. The van der Waals surface area contributed by atoms with E-state index in [1.165, 1.54) is 12.7 Å². The summed E-state index contributed by atoms with van der Waals surface area (Å²) in [5.74, 6) is -0.485. The molecule has 7 atom stereocenters. The van der Waals surface area contributed by atoms with Crippen molar-refractivity contribution < 1.29 is 24.5 Å². The number of aliphatic hydroxyl groups is 2. The second kappa shape index (κ2) is 7.21. The highest BCUT2D eigenvalue weighted by atomic mass is 16.5. The number of allylic oxidation sites excluding steroid dienone is 7. The number of carbonyl (C=O) groups is 2. The standard InChI is InChI=1S/C30H40O5/c1-17-18-8-9-21-27(3,19(18)14-20(31)24(17)33)12-13-29(5)22-15-26(2,25(34)35-7)10-11-28(22,4)23(32)16-30(21,29)6/h8-9,14,22-23,32-33H,10-13,15-16H2,1-7H3. The fourth-order valence-corrected chi connectivity index (χ4v) is 8.92. The highest BCUT2D eigenvalue weighted by Crippen LogP contribution is 2.75. The van der Waals surface area contributed by atoms with Gasteiger partial charge in [0.25, 0.3) is 0 Å². The van der Waals surface area contributed by atoms with Crippen molar-refractivity contribution in [3.63, 3.8) is 0 Å². The van der Waals surface area contributed by atoms with Crippen LogP contribution in [0.15, 0.2) is 46.3 Å². The summed E-state index contributed by atoms with van der Waals surface area (Å²) in [4.78, 5) is 25.5. The van der Waals surface area contributed by atoms with Crippen LogP contribution >= 0.6 is 0 Å². The molecule has 0 aliphatic heterocycles. The smallest absolute Gasteiger partial charge is 0.311 e. The molecule has 5 heteroatoms. The van der Waals surface area contributed by atoms with Gasteiger partial charge in [0.15, 0.2) is 5.76 Å². The lowest BCUT2D eigenvalue weighted by atomic mass is 9.34. The van der Waals surface area contributed by atoms with Crippen LogP contribution in [0.1, 0.15) is 80.1 Å². The number of hydrogen-bond donors (Lipinski definition) is 2. The van der Waals surface area contributed by atoms with Gasteiger partial charge in [0.2, 0.25) is 5.78 Å². The van der Waals surface area contributed by atoms with E-state index in [4.69, 9.17) is 4.74 Å². The van der Waals surface area contributed by atoms with Crippen molar-refractivity contribution in [1.29, 1.82) is 0 Å². The van der Waals surface area contributed by atoms with Gasteiger partial charge in [-0.25, -0.2) is 0 Å². The zero-order valence-corrected chi connectivity index (χ0v) is 22.2. The predicted octanol–water partition coefficient (Wildman–Crippen LogP) is 5.76. The van der Waals surface area contributed by atoms with Crippen LogP contribution in [0.2, 0.25) is 0 Å². The molecule has 0 spiro atoms. The van der Waals surface area contributed by atoms with E-state index >= 15 is 0 Å². The van der Waals surface area contributed by atoms with Crippen LogP contribution < -0.4 is 0 Å². The van der Waals surface area contributed by atoms with Crippen molar-refractivity contribution in [3.8, 4) is 0 Å². The molecule has 3 saturated carbocycles. The van der Waals surface area contributed by atoms with Crippen molar-refractivity contribution in [2.75, 3.05) is 7.11 Å². The summed E-state index contributed by atoms with van der Waals surface area (Å²) in [6, 6.07) is 0. The monoisotopic (exact) mass is 480 g/mol. The molecule has 0 amide bonds. The summed E-state index contributed by atoms with van der Waals surface area (Å²) in [5.41, 5.74) is 2.26. The molecule has 35 heavy (non-hydrogen) atoms. The second-order valence-corrected chi connectivity index (χ2v) is 13.2. The lowest BCUT2D eigenvalue weighted by Gasteiger charge is -2.71. The number of carbonyl (C=O) groups excluding carboxylic acids is 2. The summed E-state index contributed by atoms with van der Waals surface area (Å²) >= 11 is 0. The average Bonchev–Trinajstić information content (AvgIpc) is 2.81. The van der Waals surface area contributed by atoms with Gasteiger partial charge in [0.05, 0.1) is 18.6 Å². The fourth-order valence-electron chi connectivity index (χ4n) is 8.92. The quantitative estimate of drug-likeness (QED) is 0.467. The van der Waals surface area contributed by atoms with E-state index in [1.807, 2.05) is 13.8 Å². The number of ether oxygens (including phenoxy) is 1. The number of esters is 1. The van der Waals surface area contributed by atoms with Crippen LogP contribution in [0.4, 0.5) is 0 Å². The van der Waals surface area contributed by atoms with Gasteiger partial charge in [0.1, 0.15) is 0 Å². The molecule has 3 fully saturated rings. The Morgan fingerprint density at radius 2 is 1.71 bits per heavy atom. The first-order valence-electron chi connectivity index (χ1n) is 13.0. The van der Waals surface area contributed by atoms with E-state index in [2.05, 4.69) is 39.8 Å². The minimum Gasteiger partial charge on any atom is -0.504 e. The first-order valence-corrected chi connectivity index (χ1v) is 13.0. The molecule has 7 unspecified atom stereocenters. The number of ketones is 1. The predicted molar refractivity (Wildman–Crippen MR) is 134 cm³/mol. The summed E-state index contributed by atoms with van der Waals surface area (Å²) in [7, 11) is 1.47. The molecule has 2 N–H and O–H groups in total. The van der Waals surface area contributed by atoms with Crippen molar-refractivity contribution in [3.05, 3.63) is 46.3 Å². The third-order valence-corrected chi connectivity index (χ3v) is 11.6. The number of methoxy groups -OCH3 is 1. The molecule has 5 aliphatic rings. The maximum atomic E-state index is 12.8. The van der Waals surface area contributed by atoms with Gasteiger partial charge in [-0.15, -0.1) is 0 Å². The summed E-state index contributed by atoms with van der Waals surface area (Å²) in [6.45, 7) is 13.0. The van der Waals surface area contributed by atoms with Gasteiger partial charge in [-0.3, -0.25) is 9.59 Å². The van der Waals surface area contributed by atoms with Gasteiger partial charge in [0, 0.05) is 11.0 Å². The van der Waals surface area contributed by atoms with Crippen LogP contribution in [0, 0.1) is 33.0 Å². The van der Waals surface area contributed by atoms with E-state index < -0.39 is 11.5 Å². The molecular weight excluding hydrogens is 440 g/mol. The molecule has 0 aromatic heterocycles. The van der Waals surface area contributed by atoms with Crippen LogP contribution in [-0.2, 0) is 14.3 Å². The van der Waals surface area contributed by atoms with Crippen molar-refractivity contribution in [2.45, 2.75) is 86.2 Å². The maximum absolute atomic E-state index is 12.8. The van der Waals surface area contributed by atoms with Gasteiger partial charge in [-0.2, -0.15) is 0 Å². The highest BCUT2D eigenvalue weighted by Gasteiger charge is 2.69. The lowest BCUT2D eigenvalue weighted by Crippen LogP contribution is -2.66. The van der Waals surface area contributed by atoms with Crippen LogP contribution in [-0.4, -0.2) is 35.2 Å². The normalized spacial score (nSPS) is 46.9. The largest absolute Gasteiger partial charge is 0.504 e. The zero-order valence-electron chi connectivity index (χ0n) is 22.2.